The molecule has 0 aliphatic carbocycles. The van der Waals surface area contributed by atoms with Crippen LogP contribution in [0.1, 0.15) is 30.0 Å². The van der Waals surface area contributed by atoms with Gasteiger partial charge in [0.05, 0.1) is 13.7 Å². The van der Waals surface area contributed by atoms with Crippen LogP contribution in [0.3, 0.4) is 0 Å². The van der Waals surface area contributed by atoms with Crippen LogP contribution in [0.25, 0.3) is 0 Å². The average Bonchev–Trinajstić information content (AvgIpc) is 2.31. The Balaban J connectivity index is 2.66. The molecule has 1 unspecified atom stereocenters. The van der Waals surface area contributed by atoms with E-state index in [9.17, 15) is 4.79 Å². The molecule has 0 aromatic heterocycles. The van der Waals surface area contributed by atoms with Crippen molar-refractivity contribution in [3.63, 3.8) is 0 Å². The number of benzene rings is 1. The third-order valence-electron chi connectivity index (χ3n) is 3.12. The van der Waals surface area contributed by atoms with Gasteiger partial charge in [-0.05, 0) is 38.8 Å². The van der Waals surface area contributed by atoms with E-state index in [0.717, 1.165) is 16.9 Å². The number of carbonyl (C=O) groups is 1. The minimum absolute atomic E-state index is 0.382. The first-order chi connectivity index (χ1) is 8.77. The maximum atomic E-state index is 11.5. The molecule has 2 N–H and O–H groups in total. The first kappa shape index (κ1) is 15.5. The molecule has 4 heteroatoms. The summed E-state index contributed by atoms with van der Waals surface area (Å²) in [4.78, 5) is 11.5. The van der Waals surface area contributed by atoms with E-state index in [2.05, 4.69) is 23.8 Å². The minimum Gasteiger partial charge on any atom is -0.493 e. The maximum Gasteiger partial charge on any atom is 0.325 e. The summed E-state index contributed by atoms with van der Waals surface area (Å²) in [7, 11) is 1.34. The standard InChI is InChI=1S/C15H23NO3/c1-10-8-11(2)13(12(3)9-10)19-7-6-15(4,16)14(17)18-5/h8-9H,6-7,16H2,1-5H3. The molecule has 0 aliphatic heterocycles. The summed E-state index contributed by atoms with van der Waals surface area (Å²) in [6.45, 7) is 8.11. The zero-order valence-electron chi connectivity index (χ0n) is 12.4. The lowest BCUT2D eigenvalue weighted by Gasteiger charge is -2.22. The van der Waals surface area contributed by atoms with Gasteiger partial charge in [-0.3, -0.25) is 4.79 Å². The molecule has 0 fully saturated rings. The largest absolute Gasteiger partial charge is 0.493 e. The Labute approximate surface area is 114 Å². The lowest BCUT2D eigenvalue weighted by molar-refractivity contribution is -0.146. The van der Waals surface area contributed by atoms with Crippen LogP contribution in [0.5, 0.6) is 5.75 Å². The molecular weight excluding hydrogens is 242 g/mol. The molecule has 1 aromatic carbocycles. The molecule has 0 saturated heterocycles. The number of aryl methyl sites for hydroxylation is 3. The van der Waals surface area contributed by atoms with Crippen LogP contribution in [-0.2, 0) is 9.53 Å². The van der Waals surface area contributed by atoms with E-state index >= 15 is 0 Å². The summed E-state index contributed by atoms with van der Waals surface area (Å²) < 4.78 is 10.4. The number of esters is 1. The number of nitrogens with two attached hydrogens (primary N) is 1. The van der Waals surface area contributed by atoms with E-state index in [0.29, 0.717) is 13.0 Å². The normalized spacial score (nSPS) is 13.8. The second-order valence-electron chi connectivity index (χ2n) is 5.24. The molecule has 0 saturated carbocycles. The van der Waals surface area contributed by atoms with Crippen LogP contribution >= 0.6 is 0 Å². The number of carbonyl (C=O) groups excluding carboxylic acids is 1. The van der Waals surface area contributed by atoms with Gasteiger partial charge < -0.3 is 15.2 Å². The van der Waals surface area contributed by atoms with Crippen molar-refractivity contribution in [1.82, 2.24) is 0 Å². The number of methoxy groups -OCH3 is 1. The van der Waals surface area contributed by atoms with Crippen molar-refractivity contribution < 1.29 is 14.3 Å². The summed E-state index contributed by atoms with van der Waals surface area (Å²) in [5, 5.41) is 0. The summed E-state index contributed by atoms with van der Waals surface area (Å²) in [6.07, 6.45) is 0.409. The zero-order chi connectivity index (χ0) is 14.6. The smallest absolute Gasteiger partial charge is 0.325 e. The van der Waals surface area contributed by atoms with Gasteiger partial charge in [0.2, 0.25) is 0 Å². The average molecular weight is 265 g/mol. The van der Waals surface area contributed by atoms with Gasteiger partial charge in [-0.25, -0.2) is 0 Å². The highest BCUT2D eigenvalue weighted by molar-refractivity contribution is 5.79. The van der Waals surface area contributed by atoms with E-state index < -0.39 is 11.5 Å². The molecule has 1 aromatic rings. The second kappa shape index (κ2) is 6.06. The first-order valence-electron chi connectivity index (χ1n) is 6.36. The fourth-order valence-electron chi connectivity index (χ4n) is 2.09. The molecule has 0 radical (unpaired) electrons. The molecule has 106 valence electrons. The van der Waals surface area contributed by atoms with Crippen molar-refractivity contribution in [2.75, 3.05) is 13.7 Å². The molecule has 19 heavy (non-hydrogen) atoms. The quantitative estimate of drug-likeness (QED) is 0.830. The van der Waals surface area contributed by atoms with Crippen LogP contribution in [0.4, 0.5) is 0 Å². The Hall–Kier alpha value is -1.55. The molecule has 4 nitrogen and oxygen atoms in total. The number of hydrogen-bond acceptors (Lipinski definition) is 4. The lowest BCUT2D eigenvalue weighted by atomic mass is 10.0. The van der Waals surface area contributed by atoms with Gasteiger partial charge in [0.15, 0.2) is 0 Å². The van der Waals surface area contributed by atoms with Crippen molar-refractivity contribution >= 4 is 5.97 Å². The van der Waals surface area contributed by atoms with Crippen LogP contribution in [-0.4, -0.2) is 25.2 Å². The fourth-order valence-corrected chi connectivity index (χ4v) is 2.09. The van der Waals surface area contributed by atoms with Crippen LogP contribution in [0.15, 0.2) is 12.1 Å². The molecule has 1 rings (SSSR count). The monoisotopic (exact) mass is 265 g/mol. The molecular formula is C15H23NO3. The Kier molecular flexibility index (Phi) is 4.95. The summed E-state index contributed by atoms with van der Waals surface area (Å²) in [5.74, 6) is 0.444. The van der Waals surface area contributed by atoms with Gasteiger partial charge in [0, 0.05) is 6.42 Å². The van der Waals surface area contributed by atoms with Crippen molar-refractivity contribution in [3.05, 3.63) is 28.8 Å². The molecule has 1 atom stereocenters. The van der Waals surface area contributed by atoms with Crippen LogP contribution < -0.4 is 10.5 Å². The number of hydrogen-bond donors (Lipinski definition) is 1. The summed E-state index contributed by atoms with van der Waals surface area (Å²) in [6, 6.07) is 4.15. The minimum atomic E-state index is -1.01. The van der Waals surface area contributed by atoms with Gasteiger partial charge in [-0.2, -0.15) is 0 Å². The van der Waals surface area contributed by atoms with Gasteiger partial charge in [0.25, 0.3) is 0 Å². The van der Waals surface area contributed by atoms with Gasteiger partial charge in [-0.15, -0.1) is 0 Å². The van der Waals surface area contributed by atoms with Crippen LogP contribution in [0, 0.1) is 20.8 Å². The zero-order valence-corrected chi connectivity index (χ0v) is 12.4. The maximum absolute atomic E-state index is 11.5. The predicted molar refractivity (Wildman–Crippen MR) is 75.4 cm³/mol. The highest BCUT2D eigenvalue weighted by Gasteiger charge is 2.29. The van der Waals surface area contributed by atoms with Crippen molar-refractivity contribution in [1.29, 1.82) is 0 Å². The predicted octanol–water partition coefficient (Wildman–Crippen LogP) is 2.27. The summed E-state index contributed by atoms with van der Waals surface area (Å²) in [5.41, 5.74) is 8.26. The topological polar surface area (TPSA) is 61.5 Å². The van der Waals surface area contributed by atoms with Crippen molar-refractivity contribution in [3.8, 4) is 5.75 Å². The Bertz CT molecular complexity index is 443. The van der Waals surface area contributed by atoms with Crippen LogP contribution in [0.2, 0.25) is 0 Å². The van der Waals surface area contributed by atoms with E-state index in [4.69, 9.17) is 10.5 Å². The van der Waals surface area contributed by atoms with Crippen molar-refractivity contribution in [2.45, 2.75) is 39.7 Å². The lowest BCUT2D eigenvalue weighted by Crippen LogP contribution is -2.46. The first-order valence-corrected chi connectivity index (χ1v) is 6.36. The third kappa shape index (κ3) is 3.96. The number of ether oxygens (including phenoxy) is 2. The van der Waals surface area contributed by atoms with Gasteiger partial charge in [-0.1, -0.05) is 17.7 Å². The molecule has 0 heterocycles. The summed E-state index contributed by atoms with van der Waals surface area (Å²) >= 11 is 0. The van der Waals surface area contributed by atoms with Gasteiger partial charge >= 0.3 is 5.97 Å². The third-order valence-corrected chi connectivity index (χ3v) is 3.12. The van der Waals surface area contributed by atoms with E-state index in [1.54, 1.807) is 6.92 Å². The Morgan fingerprint density at radius 2 is 1.79 bits per heavy atom. The Morgan fingerprint density at radius 1 is 1.26 bits per heavy atom. The van der Waals surface area contributed by atoms with Crippen molar-refractivity contribution in [2.24, 2.45) is 5.73 Å². The van der Waals surface area contributed by atoms with Gasteiger partial charge in [0.1, 0.15) is 11.3 Å². The highest BCUT2D eigenvalue weighted by atomic mass is 16.5. The highest BCUT2D eigenvalue weighted by Crippen LogP contribution is 2.25. The van der Waals surface area contributed by atoms with E-state index in [1.165, 1.54) is 12.7 Å². The SMILES string of the molecule is COC(=O)C(C)(N)CCOc1c(C)cc(C)cc1C. The van der Waals surface area contributed by atoms with E-state index in [1.807, 2.05) is 13.8 Å². The second-order valence-corrected chi connectivity index (χ2v) is 5.24. The molecule has 0 aliphatic rings. The number of rotatable bonds is 5. The fraction of sp³-hybridized carbons (Fsp3) is 0.533. The molecule has 0 bridgehead atoms. The molecule has 0 amide bonds. The van der Waals surface area contributed by atoms with E-state index in [-0.39, 0.29) is 0 Å². The Morgan fingerprint density at radius 3 is 2.26 bits per heavy atom. The molecule has 0 spiro atoms.